The molecule has 0 spiro atoms. The maximum absolute atomic E-state index is 13.9. The molecule has 1 amide bonds. The number of carbonyl (C=O) groups is 2. The van der Waals surface area contributed by atoms with Gasteiger partial charge >= 0.3 is 6.18 Å². The highest BCUT2D eigenvalue weighted by Crippen LogP contribution is 2.40. The highest BCUT2D eigenvalue weighted by atomic mass is 19.4. The van der Waals surface area contributed by atoms with Crippen LogP contribution >= 0.6 is 0 Å². The Bertz CT molecular complexity index is 1240. The first kappa shape index (κ1) is 30.4. The molecule has 2 aromatic rings. The van der Waals surface area contributed by atoms with E-state index in [9.17, 15) is 22.8 Å². The number of Topliss-reactive ketones (excluding diaryl/α,β-unsaturated/α-hetero) is 1. The molecule has 1 saturated heterocycles. The summed E-state index contributed by atoms with van der Waals surface area (Å²) in [6.07, 6.45) is 5.56. The fraction of sp³-hybridized carbons (Fsp3) is 0.625. The zero-order valence-electron chi connectivity index (χ0n) is 24.6. The Labute approximate surface area is 246 Å². The Hall–Kier alpha value is -3.01. The Kier molecular flexibility index (Phi) is 9.50. The summed E-state index contributed by atoms with van der Waals surface area (Å²) >= 11 is 0. The number of halogens is 3. The predicted octanol–water partition coefficient (Wildman–Crippen LogP) is 6.51. The van der Waals surface area contributed by atoms with Crippen LogP contribution in [0.2, 0.25) is 0 Å². The molecule has 228 valence electrons. The molecule has 2 atom stereocenters. The van der Waals surface area contributed by atoms with E-state index in [-0.39, 0.29) is 47.6 Å². The summed E-state index contributed by atoms with van der Waals surface area (Å²) in [5, 5.41) is 3.01. The Balaban J connectivity index is 1.27. The van der Waals surface area contributed by atoms with Gasteiger partial charge in [0.05, 0.1) is 11.3 Å². The normalized spacial score (nSPS) is 22.4. The minimum Gasteiger partial charge on any atom is -0.339 e. The van der Waals surface area contributed by atoms with Gasteiger partial charge in [0.25, 0.3) is 5.91 Å². The molecule has 2 aliphatic carbocycles. The number of nitrogens with zero attached hydrogens (tertiary/aromatic N) is 4. The number of hydrogen-bond donors (Lipinski definition) is 1. The number of benzene rings is 1. The average molecular weight is 586 g/mol. The molecule has 7 nitrogen and oxygen atoms in total. The summed E-state index contributed by atoms with van der Waals surface area (Å²) in [6, 6.07) is 7.04. The lowest BCUT2D eigenvalue weighted by Crippen LogP contribution is -2.44. The smallest absolute Gasteiger partial charge is 0.339 e. The first-order chi connectivity index (χ1) is 20.1. The summed E-state index contributed by atoms with van der Waals surface area (Å²) in [6.45, 7) is 1.91. The third-order valence-electron chi connectivity index (χ3n) is 9.61. The molecule has 0 bridgehead atoms. The third kappa shape index (κ3) is 7.30. The molecule has 5 rings (SSSR count). The number of amides is 1. The summed E-state index contributed by atoms with van der Waals surface area (Å²) in [5.74, 6) is 0.299. The van der Waals surface area contributed by atoms with Crippen LogP contribution in [-0.2, 0) is 17.4 Å². The molecule has 1 aromatic heterocycles. The standard InChI is InChI=1S/C32H42F3N5O2/c1-39-16-14-25(15-17-39)40(2)30(42)22-10-12-24(13-11-22)37-31-36-20-27(32(33,34)35)28(38-31)19-23-8-5-9-26(23)29(41)18-21-6-3-4-7-21/h10-13,20-21,23,25-26H,3-9,14-19H2,1-2H3,(H,36,37,38)/t23-,26-/m0/s1. The van der Waals surface area contributed by atoms with Gasteiger partial charge in [0.1, 0.15) is 5.78 Å². The summed E-state index contributed by atoms with van der Waals surface area (Å²) in [5.41, 5.74) is 0.201. The number of rotatable bonds is 9. The monoisotopic (exact) mass is 585 g/mol. The molecule has 1 aromatic carbocycles. The number of likely N-dealkylation sites (tertiary alicyclic amines) is 1. The summed E-state index contributed by atoms with van der Waals surface area (Å²) in [7, 11) is 3.91. The lowest BCUT2D eigenvalue weighted by Gasteiger charge is -2.35. The van der Waals surface area contributed by atoms with Crippen LogP contribution in [0.5, 0.6) is 0 Å². The van der Waals surface area contributed by atoms with E-state index in [4.69, 9.17) is 0 Å². The first-order valence-electron chi connectivity index (χ1n) is 15.4. The molecule has 2 saturated carbocycles. The van der Waals surface area contributed by atoms with Crippen LogP contribution in [0.1, 0.15) is 85.8 Å². The number of ketones is 1. The van der Waals surface area contributed by atoms with E-state index in [0.29, 0.717) is 23.6 Å². The third-order valence-corrected chi connectivity index (χ3v) is 9.61. The van der Waals surface area contributed by atoms with Crippen LogP contribution in [0.4, 0.5) is 24.8 Å². The second-order valence-electron chi connectivity index (χ2n) is 12.5. The van der Waals surface area contributed by atoms with E-state index in [1.165, 1.54) is 0 Å². The molecule has 3 aliphatic rings. The lowest BCUT2D eigenvalue weighted by atomic mass is 9.84. The molecule has 1 N–H and O–H groups in total. The maximum atomic E-state index is 13.9. The number of aromatic nitrogens is 2. The second kappa shape index (κ2) is 13.1. The second-order valence-corrected chi connectivity index (χ2v) is 12.5. The number of piperidine rings is 1. The van der Waals surface area contributed by atoms with Gasteiger partial charge in [-0.15, -0.1) is 0 Å². The van der Waals surface area contributed by atoms with E-state index >= 15 is 0 Å². The highest BCUT2D eigenvalue weighted by molar-refractivity contribution is 5.94. The van der Waals surface area contributed by atoms with E-state index in [1.54, 1.807) is 29.2 Å². The summed E-state index contributed by atoms with van der Waals surface area (Å²) < 4.78 is 41.8. The molecule has 0 radical (unpaired) electrons. The van der Waals surface area contributed by atoms with Gasteiger partial charge in [-0.25, -0.2) is 9.97 Å². The van der Waals surface area contributed by atoms with Gasteiger partial charge in [0, 0.05) is 42.9 Å². The van der Waals surface area contributed by atoms with Gasteiger partial charge < -0.3 is 15.1 Å². The number of alkyl halides is 3. The van der Waals surface area contributed by atoms with Crippen molar-refractivity contribution in [1.82, 2.24) is 19.8 Å². The predicted molar refractivity (Wildman–Crippen MR) is 155 cm³/mol. The topological polar surface area (TPSA) is 78.4 Å². The molecular formula is C32H42F3N5O2. The van der Waals surface area contributed by atoms with Crippen LogP contribution in [-0.4, -0.2) is 64.7 Å². The molecule has 10 heteroatoms. The van der Waals surface area contributed by atoms with Crippen molar-refractivity contribution in [2.75, 3.05) is 32.5 Å². The molecular weight excluding hydrogens is 543 g/mol. The fourth-order valence-electron chi connectivity index (χ4n) is 7.05. The van der Waals surface area contributed by atoms with Crippen molar-refractivity contribution in [2.45, 2.75) is 82.8 Å². The Morgan fingerprint density at radius 2 is 1.69 bits per heavy atom. The maximum Gasteiger partial charge on any atom is 0.419 e. The molecule has 1 aliphatic heterocycles. The number of carbonyl (C=O) groups excluding carboxylic acids is 2. The number of hydrogen-bond acceptors (Lipinski definition) is 6. The van der Waals surface area contributed by atoms with Crippen molar-refractivity contribution in [3.63, 3.8) is 0 Å². The van der Waals surface area contributed by atoms with Crippen LogP contribution < -0.4 is 5.32 Å². The van der Waals surface area contributed by atoms with Crippen LogP contribution in [0.15, 0.2) is 30.5 Å². The van der Waals surface area contributed by atoms with E-state index in [0.717, 1.165) is 77.1 Å². The van der Waals surface area contributed by atoms with Crippen molar-refractivity contribution in [3.8, 4) is 0 Å². The van der Waals surface area contributed by atoms with Crippen molar-refractivity contribution in [1.29, 1.82) is 0 Å². The van der Waals surface area contributed by atoms with Crippen LogP contribution in [0.3, 0.4) is 0 Å². The number of anilines is 2. The van der Waals surface area contributed by atoms with Crippen LogP contribution in [0, 0.1) is 17.8 Å². The van der Waals surface area contributed by atoms with Gasteiger partial charge in [0.2, 0.25) is 5.95 Å². The minimum absolute atomic E-state index is 0.0576. The van der Waals surface area contributed by atoms with Gasteiger partial charge in [-0.05, 0) is 88.3 Å². The van der Waals surface area contributed by atoms with E-state index in [1.807, 2.05) is 7.05 Å². The average Bonchev–Trinajstić information content (AvgIpc) is 3.65. The van der Waals surface area contributed by atoms with Gasteiger partial charge in [-0.3, -0.25) is 9.59 Å². The van der Waals surface area contributed by atoms with Crippen molar-refractivity contribution in [3.05, 3.63) is 47.3 Å². The van der Waals surface area contributed by atoms with Gasteiger partial charge in [0.15, 0.2) is 0 Å². The first-order valence-corrected chi connectivity index (χ1v) is 15.4. The zero-order chi connectivity index (χ0) is 29.9. The Morgan fingerprint density at radius 3 is 2.36 bits per heavy atom. The van der Waals surface area contributed by atoms with E-state index in [2.05, 4.69) is 27.2 Å². The SMILES string of the molecule is CN1CCC(N(C)C(=O)c2ccc(Nc3ncc(C(F)(F)F)c(C[C@@H]4CCC[C@@H]4C(=O)CC4CCCC4)n3)cc2)CC1. The zero-order valence-corrected chi connectivity index (χ0v) is 24.6. The highest BCUT2D eigenvalue weighted by Gasteiger charge is 2.39. The number of nitrogens with one attached hydrogen (secondary N) is 1. The quantitative estimate of drug-likeness (QED) is 0.361. The lowest BCUT2D eigenvalue weighted by molar-refractivity contribution is -0.138. The van der Waals surface area contributed by atoms with Crippen molar-refractivity contribution in [2.24, 2.45) is 17.8 Å². The van der Waals surface area contributed by atoms with Crippen LogP contribution in [0.25, 0.3) is 0 Å². The molecule has 0 unspecified atom stereocenters. The fourth-order valence-corrected chi connectivity index (χ4v) is 7.05. The Morgan fingerprint density at radius 1 is 1.00 bits per heavy atom. The van der Waals surface area contributed by atoms with Crippen molar-refractivity contribution < 1.29 is 22.8 Å². The largest absolute Gasteiger partial charge is 0.419 e. The van der Waals surface area contributed by atoms with Gasteiger partial charge in [-0.1, -0.05) is 32.1 Å². The van der Waals surface area contributed by atoms with Gasteiger partial charge in [-0.2, -0.15) is 13.2 Å². The van der Waals surface area contributed by atoms with E-state index < -0.39 is 11.7 Å². The molecule has 2 heterocycles. The molecule has 3 fully saturated rings. The van der Waals surface area contributed by atoms with Crippen molar-refractivity contribution >= 4 is 23.3 Å². The minimum atomic E-state index is -4.59. The summed E-state index contributed by atoms with van der Waals surface area (Å²) in [4.78, 5) is 38.5. The molecule has 42 heavy (non-hydrogen) atoms.